The smallest absolute Gasteiger partial charge is 0.258 e. The van der Waals surface area contributed by atoms with Gasteiger partial charge in [-0.2, -0.15) is 0 Å². The van der Waals surface area contributed by atoms with E-state index in [9.17, 15) is 4.79 Å². The summed E-state index contributed by atoms with van der Waals surface area (Å²) in [4.78, 5) is 14.5. The Morgan fingerprint density at radius 2 is 1.70 bits per heavy atom. The van der Waals surface area contributed by atoms with Crippen LogP contribution < -0.4 is 16.0 Å². The molecule has 0 saturated carbocycles. The molecule has 0 unspecified atom stereocenters. The lowest BCUT2D eigenvalue weighted by Gasteiger charge is -2.17. The Bertz CT molecular complexity index is 1110. The van der Waals surface area contributed by atoms with Crippen molar-refractivity contribution >= 4 is 23.1 Å². The van der Waals surface area contributed by atoms with Crippen molar-refractivity contribution in [3.8, 4) is 11.8 Å². The highest BCUT2D eigenvalue weighted by Crippen LogP contribution is 2.17. The number of nitrogens with one attached hydrogen (secondary N) is 2. The van der Waals surface area contributed by atoms with Gasteiger partial charge in [0, 0.05) is 35.1 Å². The van der Waals surface area contributed by atoms with Crippen LogP contribution in [0.25, 0.3) is 0 Å². The first kappa shape index (κ1) is 20.7. The van der Waals surface area contributed by atoms with Crippen LogP contribution in [0.4, 0.5) is 11.4 Å². The van der Waals surface area contributed by atoms with Crippen molar-refractivity contribution in [1.29, 1.82) is 5.41 Å². The average Bonchev–Trinajstić information content (AvgIpc) is 2.77. The number of anilines is 2. The Hall–Kier alpha value is -4.04. The van der Waals surface area contributed by atoms with E-state index in [1.54, 1.807) is 24.1 Å². The quantitative estimate of drug-likeness (QED) is 0.346. The Kier molecular flexibility index (Phi) is 6.51. The van der Waals surface area contributed by atoms with Crippen LogP contribution in [0.3, 0.4) is 0 Å². The highest BCUT2D eigenvalue weighted by Gasteiger charge is 2.14. The maximum absolute atomic E-state index is 12.8. The van der Waals surface area contributed by atoms with Crippen molar-refractivity contribution in [2.75, 3.05) is 23.8 Å². The molecule has 0 bridgehead atoms. The summed E-state index contributed by atoms with van der Waals surface area (Å²) in [5.74, 6) is 6.22. The zero-order valence-electron chi connectivity index (χ0n) is 17.1. The van der Waals surface area contributed by atoms with Gasteiger partial charge in [0.25, 0.3) is 5.91 Å². The van der Waals surface area contributed by atoms with Gasteiger partial charge >= 0.3 is 0 Å². The second-order valence-electron chi connectivity index (χ2n) is 6.88. The molecule has 150 valence electrons. The van der Waals surface area contributed by atoms with Crippen LogP contribution in [0.15, 0.2) is 72.8 Å². The summed E-state index contributed by atoms with van der Waals surface area (Å²) in [5.41, 5.74) is 10.3. The fourth-order valence-corrected chi connectivity index (χ4v) is 2.91. The molecule has 0 aliphatic rings. The van der Waals surface area contributed by atoms with Crippen LogP contribution in [0.2, 0.25) is 0 Å². The van der Waals surface area contributed by atoms with Crippen molar-refractivity contribution in [3.63, 3.8) is 0 Å². The number of amides is 1. The first-order valence-corrected chi connectivity index (χ1v) is 9.56. The molecule has 0 aromatic heterocycles. The molecule has 4 N–H and O–H groups in total. The predicted octanol–water partition coefficient (Wildman–Crippen LogP) is 4.02. The lowest BCUT2D eigenvalue weighted by Crippen LogP contribution is -2.26. The van der Waals surface area contributed by atoms with Crippen molar-refractivity contribution in [2.24, 2.45) is 5.73 Å². The minimum absolute atomic E-state index is 0.0455. The number of benzene rings is 3. The number of nitrogens with two attached hydrogens (primary N) is 1. The molecule has 0 aliphatic carbocycles. The Balaban J connectivity index is 1.68. The normalized spacial score (nSPS) is 9.93. The third kappa shape index (κ3) is 5.06. The summed E-state index contributed by atoms with van der Waals surface area (Å²) in [5, 5.41) is 10.6. The molecule has 5 nitrogen and oxygen atoms in total. The third-order valence-corrected chi connectivity index (χ3v) is 4.73. The number of hydrogen-bond acceptors (Lipinski definition) is 3. The molecule has 0 fully saturated rings. The van der Waals surface area contributed by atoms with Crippen LogP contribution in [-0.4, -0.2) is 25.3 Å². The first-order valence-electron chi connectivity index (χ1n) is 9.56. The van der Waals surface area contributed by atoms with Crippen LogP contribution in [0.5, 0.6) is 0 Å². The average molecular weight is 396 g/mol. The zero-order valence-corrected chi connectivity index (χ0v) is 17.1. The highest BCUT2D eigenvalue weighted by molar-refractivity contribution is 6.06. The van der Waals surface area contributed by atoms with Gasteiger partial charge in [-0.15, -0.1) is 0 Å². The van der Waals surface area contributed by atoms with E-state index in [0.29, 0.717) is 17.7 Å². The second kappa shape index (κ2) is 9.44. The maximum atomic E-state index is 12.8. The molecule has 5 heteroatoms. The first-order chi connectivity index (χ1) is 14.5. The van der Waals surface area contributed by atoms with Crippen molar-refractivity contribution in [3.05, 3.63) is 95.1 Å². The SMILES string of the molecule is Cc1ccc(C(=O)N(C)c2ccccc2)cc1C#CCNc1ccc(C(=N)N)cc1. The third-order valence-electron chi connectivity index (χ3n) is 4.73. The number of nitrogens with zero attached hydrogens (tertiary/aromatic N) is 1. The largest absolute Gasteiger partial charge is 0.384 e. The minimum atomic E-state index is -0.0760. The van der Waals surface area contributed by atoms with E-state index in [2.05, 4.69) is 17.2 Å². The standard InChI is InChI=1S/C25H24N4O/c1-18-10-11-21(25(30)29(2)23-8-4-3-5-9-23)17-20(18)7-6-16-28-22-14-12-19(13-15-22)24(26)27/h3-5,8-15,17,28H,16H2,1-2H3,(H3,26,27). The van der Waals surface area contributed by atoms with E-state index in [1.807, 2.05) is 67.6 Å². The van der Waals surface area contributed by atoms with Gasteiger partial charge in [0.15, 0.2) is 0 Å². The van der Waals surface area contributed by atoms with Gasteiger partial charge in [0.1, 0.15) is 5.84 Å². The Labute approximate surface area is 177 Å². The molecule has 3 rings (SSSR count). The summed E-state index contributed by atoms with van der Waals surface area (Å²) in [6.07, 6.45) is 0. The van der Waals surface area contributed by atoms with E-state index in [-0.39, 0.29) is 11.7 Å². The van der Waals surface area contributed by atoms with Crippen molar-refractivity contribution in [2.45, 2.75) is 6.92 Å². The fraction of sp³-hybridized carbons (Fsp3) is 0.120. The molecule has 0 saturated heterocycles. The van der Waals surface area contributed by atoms with E-state index in [0.717, 1.165) is 22.5 Å². The summed E-state index contributed by atoms with van der Waals surface area (Å²) in [6.45, 7) is 2.44. The molecule has 0 spiro atoms. The second-order valence-corrected chi connectivity index (χ2v) is 6.88. The number of rotatable bonds is 5. The van der Waals surface area contributed by atoms with Gasteiger partial charge in [-0.25, -0.2) is 0 Å². The minimum Gasteiger partial charge on any atom is -0.384 e. The van der Waals surface area contributed by atoms with Crippen LogP contribution >= 0.6 is 0 Å². The van der Waals surface area contributed by atoms with Crippen molar-refractivity contribution in [1.82, 2.24) is 0 Å². The molecule has 0 aliphatic heterocycles. The fourth-order valence-electron chi connectivity index (χ4n) is 2.91. The topological polar surface area (TPSA) is 82.2 Å². The Morgan fingerprint density at radius 1 is 1.03 bits per heavy atom. The number of aryl methyl sites for hydroxylation is 1. The van der Waals surface area contributed by atoms with Gasteiger partial charge in [0.2, 0.25) is 0 Å². The summed E-state index contributed by atoms with van der Waals surface area (Å²) >= 11 is 0. The summed E-state index contributed by atoms with van der Waals surface area (Å²) in [7, 11) is 1.77. The van der Waals surface area contributed by atoms with Crippen molar-refractivity contribution < 1.29 is 4.79 Å². The molecule has 0 radical (unpaired) electrons. The highest BCUT2D eigenvalue weighted by atomic mass is 16.2. The van der Waals surface area contributed by atoms with Gasteiger partial charge in [-0.05, 0) is 61.0 Å². The van der Waals surface area contributed by atoms with Crippen LogP contribution in [0, 0.1) is 24.2 Å². The zero-order chi connectivity index (χ0) is 21.5. The van der Waals surface area contributed by atoms with Crippen LogP contribution in [0.1, 0.15) is 27.0 Å². The predicted molar refractivity (Wildman–Crippen MR) is 123 cm³/mol. The summed E-state index contributed by atoms with van der Waals surface area (Å²) < 4.78 is 0. The molecule has 3 aromatic rings. The lowest BCUT2D eigenvalue weighted by molar-refractivity contribution is 0.0993. The summed E-state index contributed by atoms with van der Waals surface area (Å²) in [6, 6.07) is 22.5. The number of para-hydroxylation sites is 1. The van der Waals surface area contributed by atoms with Crippen LogP contribution in [-0.2, 0) is 0 Å². The molecule has 1 amide bonds. The van der Waals surface area contributed by atoms with Gasteiger partial charge in [-0.3, -0.25) is 10.2 Å². The van der Waals surface area contributed by atoms with E-state index >= 15 is 0 Å². The van der Waals surface area contributed by atoms with Gasteiger partial charge < -0.3 is 16.0 Å². The van der Waals surface area contributed by atoms with E-state index in [1.165, 1.54) is 0 Å². The van der Waals surface area contributed by atoms with E-state index < -0.39 is 0 Å². The monoisotopic (exact) mass is 396 g/mol. The van der Waals surface area contributed by atoms with Gasteiger partial charge in [-0.1, -0.05) is 36.1 Å². The molecule has 3 aromatic carbocycles. The number of carbonyl (C=O) groups is 1. The maximum Gasteiger partial charge on any atom is 0.258 e. The number of amidine groups is 1. The molecule has 0 atom stereocenters. The molecule has 30 heavy (non-hydrogen) atoms. The van der Waals surface area contributed by atoms with E-state index in [4.69, 9.17) is 11.1 Å². The number of nitrogen functional groups attached to an aromatic ring is 1. The lowest BCUT2D eigenvalue weighted by atomic mass is 10.0. The number of hydrogen-bond donors (Lipinski definition) is 3. The van der Waals surface area contributed by atoms with Gasteiger partial charge in [0.05, 0.1) is 6.54 Å². The molecular formula is C25H24N4O. The number of carbonyl (C=O) groups excluding carboxylic acids is 1. The molecule has 0 heterocycles. The Morgan fingerprint density at radius 3 is 2.37 bits per heavy atom. The molecular weight excluding hydrogens is 372 g/mol.